The molecule has 2 N–H and O–H groups in total. The molecular formula is C25H28N4+2. The van der Waals surface area contributed by atoms with E-state index in [-0.39, 0.29) is 0 Å². The number of quaternary nitrogens is 1. The van der Waals surface area contributed by atoms with Crippen LogP contribution in [0.1, 0.15) is 13.8 Å². The Morgan fingerprint density at radius 3 is 2.52 bits per heavy atom. The van der Waals surface area contributed by atoms with Crippen molar-refractivity contribution in [3.63, 3.8) is 0 Å². The predicted octanol–water partition coefficient (Wildman–Crippen LogP) is 3.45. The van der Waals surface area contributed by atoms with Crippen LogP contribution < -0.4 is 9.47 Å². The summed E-state index contributed by atoms with van der Waals surface area (Å²) in [6, 6.07) is 23.8. The number of aromatic amines is 1. The fraction of sp³-hybridized carbons (Fsp3) is 0.240. The molecule has 0 bridgehead atoms. The molecule has 0 amide bonds. The summed E-state index contributed by atoms with van der Waals surface area (Å²) in [4.78, 5) is 5.37. The summed E-state index contributed by atoms with van der Waals surface area (Å²) >= 11 is 0. The van der Waals surface area contributed by atoms with Gasteiger partial charge >= 0.3 is 5.78 Å². The lowest BCUT2D eigenvalue weighted by Crippen LogP contribution is -3.12. The number of aromatic nitrogens is 3. The van der Waals surface area contributed by atoms with Crippen molar-refractivity contribution in [1.29, 1.82) is 0 Å². The Labute approximate surface area is 171 Å². The Morgan fingerprint density at radius 2 is 1.66 bits per heavy atom. The molecule has 4 nitrogen and oxygen atoms in total. The molecule has 0 saturated heterocycles. The van der Waals surface area contributed by atoms with Crippen LogP contribution in [0.2, 0.25) is 0 Å². The monoisotopic (exact) mass is 384 g/mol. The number of hydrogen-bond acceptors (Lipinski definition) is 0. The third kappa shape index (κ3) is 3.00. The van der Waals surface area contributed by atoms with E-state index < -0.39 is 0 Å². The third-order valence-corrected chi connectivity index (χ3v) is 6.19. The molecule has 4 heteroatoms. The van der Waals surface area contributed by atoms with Crippen molar-refractivity contribution in [2.24, 2.45) is 0 Å². The maximum absolute atomic E-state index is 3.74. The summed E-state index contributed by atoms with van der Waals surface area (Å²) in [6.45, 7) is 9.00. The van der Waals surface area contributed by atoms with Crippen LogP contribution in [0.4, 0.5) is 0 Å². The molecule has 0 aliphatic rings. The molecule has 0 fully saturated rings. The zero-order valence-electron chi connectivity index (χ0n) is 17.2. The first-order chi connectivity index (χ1) is 14.3. The van der Waals surface area contributed by atoms with E-state index in [0.29, 0.717) is 0 Å². The van der Waals surface area contributed by atoms with E-state index in [2.05, 4.69) is 101 Å². The van der Waals surface area contributed by atoms with E-state index in [0.717, 1.165) is 37.7 Å². The summed E-state index contributed by atoms with van der Waals surface area (Å²) < 4.78 is 4.75. The van der Waals surface area contributed by atoms with Crippen molar-refractivity contribution in [2.45, 2.75) is 20.4 Å². The summed E-state index contributed by atoms with van der Waals surface area (Å²) in [5.41, 5.74) is 4.94. The molecule has 29 heavy (non-hydrogen) atoms. The Hall–Kier alpha value is -3.11. The molecule has 0 unspecified atom stereocenters. The van der Waals surface area contributed by atoms with Crippen LogP contribution in [0.3, 0.4) is 0 Å². The van der Waals surface area contributed by atoms with E-state index in [9.17, 15) is 0 Å². The topological polar surface area (TPSA) is 28.5 Å². The number of likely N-dealkylation sites (N-methyl/N-ethyl adjacent to an activating group) is 1. The Balaban J connectivity index is 1.67. The highest BCUT2D eigenvalue weighted by Gasteiger charge is 2.22. The van der Waals surface area contributed by atoms with Gasteiger partial charge in [0.2, 0.25) is 0 Å². The van der Waals surface area contributed by atoms with Crippen LogP contribution >= 0.6 is 0 Å². The molecule has 3 aromatic carbocycles. The molecule has 0 saturated carbocycles. The molecule has 5 aromatic rings. The second-order valence-corrected chi connectivity index (χ2v) is 7.74. The molecular weight excluding hydrogens is 356 g/mol. The Kier molecular flexibility index (Phi) is 4.57. The number of rotatable bonds is 6. The van der Waals surface area contributed by atoms with Crippen molar-refractivity contribution in [1.82, 2.24) is 9.38 Å². The van der Waals surface area contributed by atoms with Crippen LogP contribution in [0.15, 0.2) is 72.9 Å². The summed E-state index contributed by atoms with van der Waals surface area (Å²) in [7, 11) is 0. The fourth-order valence-electron chi connectivity index (χ4n) is 4.49. The lowest BCUT2D eigenvalue weighted by Gasteiger charge is -2.14. The summed E-state index contributed by atoms with van der Waals surface area (Å²) in [6.07, 6.45) is 2.25. The average molecular weight is 385 g/mol. The second-order valence-electron chi connectivity index (χ2n) is 7.74. The third-order valence-electron chi connectivity index (χ3n) is 6.19. The molecule has 0 spiro atoms. The number of benzene rings is 3. The number of fused-ring (bicyclic) bond motifs is 4. The number of nitrogens with one attached hydrogen (secondary N) is 2. The van der Waals surface area contributed by atoms with Crippen molar-refractivity contribution < 1.29 is 9.47 Å². The maximum atomic E-state index is 3.74. The van der Waals surface area contributed by atoms with Gasteiger partial charge in [-0.25, -0.2) is 9.55 Å². The van der Waals surface area contributed by atoms with Crippen molar-refractivity contribution in [3.05, 3.63) is 72.9 Å². The average Bonchev–Trinajstić information content (AvgIpc) is 3.32. The quantitative estimate of drug-likeness (QED) is 0.420. The van der Waals surface area contributed by atoms with Crippen molar-refractivity contribution in [3.8, 4) is 11.3 Å². The normalized spacial score (nSPS) is 12.0. The van der Waals surface area contributed by atoms with Gasteiger partial charge < -0.3 is 4.90 Å². The fourth-order valence-corrected chi connectivity index (χ4v) is 4.49. The minimum absolute atomic E-state index is 1.00. The molecule has 0 radical (unpaired) electrons. The van der Waals surface area contributed by atoms with Crippen LogP contribution in [0, 0.1) is 0 Å². The van der Waals surface area contributed by atoms with Crippen LogP contribution in [-0.2, 0) is 6.54 Å². The highest BCUT2D eigenvalue weighted by atomic mass is 15.2. The minimum Gasteiger partial charge on any atom is -0.333 e. The van der Waals surface area contributed by atoms with Gasteiger partial charge in [0.05, 0.1) is 13.1 Å². The molecule has 2 aromatic heterocycles. The van der Waals surface area contributed by atoms with Gasteiger partial charge in [-0.05, 0) is 36.8 Å². The van der Waals surface area contributed by atoms with Crippen molar-refractivity contribution >= 4 is 27.6 Å². The first-order valence-electron chi connectivity index (χ1n) is 10.6. The van der Waals surface area contributed by atoms with Gasteiger partial charge in [-0.15, -0.1) is 0 Å². The number of imidazole rings is 2. The molecule has 2 heterocycles. The molecule has 0 atom stereocenters. The molecule has 0 aliphatic heterocycles. The van der Waals surface area contributed by atoms with Gasteiger partial charge in [-0.2, -0.15) is 4.40 Å². The largest absolute Gasteiger partial charge is 0.368 e. The highest BCUT2D eigenvalue weighted by molar-refractivity contribution is 5.96. The van der Waals surface area contributed by atoms with Gasteiger partial charge in [0, 0.05) is 5.56 Å². The zero-order chi connectivity index (χ0) is 19.8. The SMILES string of the molecule is CC[NH+](CC)CC[n+]1c2ccccc2n2cc(-c3cccc4ccccc34)[nH]c21. The van der Waals surface area contributed by atoms with Gasteiger partial charge in [0.25, 0.3) is 0 Å². The maximum Gasteiger partial charge on any atom is 0.368 e. The van der Waals surface area contributed by atoms with Crippen LogP contribution in [0.25, 0.3) is 38.8 Å². The number of hydrogen-bond donors (Lipinski definition) is 2. The van der Waals surface area contributed by atoms with E-state index in [1.54, 1.807) is 4.90 Å². The Morgan fingerprint density at radius 1 is 0.897 bits per heavy atom. The first kappa shape index (κ1) is 18.0. The van der Waals surface area contributed by atoms with E-state index in [1.165, 1.54) is 27.4 Å². The van der Waals surface area contributed by atoms with Crippen LogP contribution in [0.5, 0.6) is 0 Å². The van der Waals surface area contributed by atoms with Crippen LogP contribution in [-0.4, -0.2) is 29.0 Å². The highest BCUT2D eigenvalue weighted by Crippen LogP contribution is 2.29. The van der Waals surface area contributed by atoms with E-state index in [4.69, 9.17) is 0 Å². The zero-order valence-corrected chi connectivity index (χ0v) is 17.2. The Bertz CT molecular complexity index is 1290. The first-order valence-corrected chi connectivity index (χ1v) is 10.6. The van der Waals surface area contributed by atoms with Crippen molar-refractivity contribution in [2.75, 3.05) is 19.6 Å². The molecule has 146 valence electrons. The standard InChI is InChI=1S/C25H26N4/c1-3-27(4-2)16-17-28-23-14-7-8-15-24(23)29-18-22(26-25(28)29)21-13-9-11-19-10-5-6-12-20(19)21/h5-15,18H,3-4,16-17H2,1-2H3/p+2. The lowest BCUT2D eigenvalue weighted by atomic mass is 10.0. The smallest absolute Gasteiger partial charge is 0.333 e. The second kappa shape index (κ2) is 7.37. The lowest BCUT2D eigenvalue weighted by molar-refractivity contribution is -0.912. The van der Waals surface area contributed by atoms with Gasteiger partial charge in [-0.3, -0.25) is 0 Å². The number of para-hydroxylation sites is 2. The van der Waals surface area contributed by atoms with Gasteiger partial charge in [-0.1, -0.05) is 54.6 Å². The number of nitrogens with zero attached hydrogens (tertiary/aromatic N) is 2. The van der Waals surface area contributed by atoms with E-state index in [1.807, 2.05) is 0 Å². The van der Waals surface area contributed by atoms with Gasteiger partial charge in [0.15, 0.2) is 0 Å². The van der Waals surface area contributed by atoms with Gasteiger partial charge in [0.1, 0.15) is 36.0 Å². The minimum atomic E-state index is 1.00. The van der Waals surface area contributed by atoms with E-state index >= 15 is 0 Å². The molecule has 0 aliphatic carbocycles. The summed E-state index contributed by atoms with van der Waals surface area (Å²) in [5.74, 6) is 1.15. The number of H-pyrrole nitrogens is 1. The predicted molar refractivity (Wildman–Crippen MR) is 119 cm³/mol. The molecule has 5 rings (SSSR count). The summed E-state index contributed by atoms with van der Waals surface area (Å²) in [5, 5.41) is 2.55.